The van der Waals surface area contributed by atoms with Crippen LogP contribution in [0.4, 0.5) is 18.9 Å². The Kier molecular flexibility index (Phi) is 7.28. The van der Waals surface area contributed by atoms with Crippen molar-refractivity contribution in [1.82, 2.24) is 0 Å². The second-order valence-corrected chi connectivity index (χ2v) is 6.45. The lowest BCUT2D eigenvalue weighted by atomic mass is 10.1. The van der Waals surface area contributed by atoms with E-state index in [1.165, 1.54) is 12.1 Å². The van der Waals surface area contributed by atoms with Crippen LogP contribution < -0.4 is 19.7 Å². The minimum atomic E-state index is -4.44. The van der Waals surface area contributed by atoms with E-state index in [2.05, 4.69) is 5.32 Å². The van der Waals surface area contributed by atoms with Gasteiger partial charge < -0.3 is 19.7 Å². The Morgan fingerprint density at radius 3 is 2.43 bits per heavy atom. The fourth-order valence-electron chi connectivity index (χ4n) is 2.73. The molecule has 28 heavy (non-hydrogen) atoms. The van der Waals surface area contributed by atoms with Crippen LogP contribution in [-0.2, 0) is 17.4 Å². The van der Waals surface area contributed by atoms with E-state index in [0.29, 0.717) is 24.5 Å². The summed E-state index contributed by atoms with van der Waals surface area (Å²) in [6, 6.07) is 10.2. The molecule has 2 N–H and O–H groups in total. The maximum Gasteiger partial charge on any atom is 0.416 e. The number of hydrogen-bond donors (Lipinski definition) is 2. The van der Waals surface area contributed by atoms with Gasteiger partial charge in [0.1, 0.15) is 0 Å². The third-order valence-electron chi connectivity index (χ3n) is 4.22. The summed E-state index contributed by atoms with van der Waals surface area (Å²) in [6.07, 6.45) is -3.73. The minimum absolute atomic E-state index is 0.132. The molecule has 2 aromatic rings. The highest BCUT2D eigenvalue weighted by Gasteiger charge is 2.30. The van der Waals surface area contributed by atoms with Crippen molar-refractivity contribution in [3.05, 3.63) is 53.6 Å². The fraction of sp³-hybridized carbons (Fsp3) is 0.350. The maximum absolute atomic E-state index is 12.7. The van der Waals surface area contributed by atoms with Gasteiger partial charge in [-0.1, -0.05) is 12.1 Å². The average molecular weight is 397 g/mol. The number of alkyl halides is 3. The molecule has 0 heterocycles. The van der Waals surface area contributed by atoms with Crippen LogP contribution in [0.15, 0.2) is 42.5 Å². The van der Waals surface area contributed by atoms with Gasteiger partial charge in [0.25, 0.3) is 5.91 Å². The van der Waals surface area contributed by atoms with E-state index in [1.54, 1.807) is 14.2 Å². The third kappa shape index (κ3) is 6.16. The summed E-state index contributed by atoms with van der Waals surface area (Å²) < 4.78 is 48.7. The quantitative estimate of drug-likeness (QED) is 0.720. The molecule has 0 aliphatic heterocycles. The highest BCUT2D eigenvalue weighted by molar-refractivity contribution is 5.91. The molecule has 152 valence electrons. The van der Waals surface area contributed by atoms with Crippen LogP contribution in [0, 0.1) is 0 Å². The predicted molar refractivity (Wildman–Crippen MR) is 99.9 cm³/mol. The third-order valence-corrected chi connectivity index (χ3v) is 4.22. The van der Waals surface area contributed by atoms with Crippen LogP contribution in [-0.4, -0.2) is 40.3 Å². The molecule has 8 heteroatoms. The fourth-order valence-corrected chi connectivity index (χ4v) is 2.73. The second-order valence-electron chi connectivity index (χ2n) is 6.45. The second kappa shape index (κ2) is 9.45. The molecule has 5 nitrogen and oxygen atoms in total. The van der Waals surface area contributed by atoms with Crippen molar-refractivity contribution in [2.45, 2.75) is 12.6 Å². The largest absolute Gasteiger partial charge is 0.493 e. The number of rotatable bonds is 8. The van der Waals surface area contributed by atoms with Crippen molar-refractivity contribution in [3.8, 4) is 11.5 Å². The van der Waals surface area contributed by atoms with Crippen LogP contribution in [0.3, 0.4) is 0 Å². The van der Waals surface area contributed by atoms with Gasteiger partial charge in [0.15, 0.2) is 18.0 Å². The summed E-state index contributed by atoms with van der Waals surface area (Å²) in [7, 11) is 4.99. The molecule has 0 saturated heterocycles. The first-order valence-corrected chi connectivity index (χ1v) is 8.72. The lowest BCUT2D eigenvalue weighted by Gasteiger charge is -2.15. The number of likely N-dealkylation sites (N-methyl/N-ethyl adjacent to an activating group) is 1. The first-order chi connectivity index (χ1) is 13.2. The zero-order chi connectivity index (χ0) is 20.7. The molecule has 0 aliphatic carbocycles. The first-order valence-electron chi connectivity index (χ1n) is 8.72. The highest BCUT2D eigenvalue weighted by atomic mass is 19.4. The number of carbonyl (C=O) groups excluding carboxylic acids is 1. The zero-order valence-corrected chi connectivity index (χ0v) is 16.0. The molecule has 2 rings (SSSR count). The first kappa shape index (κ1) is 21.6. The summed E-state index contributed by atoms with van der Waals surface area (Å²) >= 11 is 0. The van der Waals surface area contributed by atoms with Crippen LogP contribution in [0.2, 0.25) is 0 Å². The van der Waals surface area contributed by atoms with Crippen molar-refractivity contribution >= 4 is 11.6 Å². The minimum Gasteiger partial charge on any atom is -0.493 e. The normalized spacial score (nSPS) is 12.4. The van der Waals surface area contributed by atoms with E-state index in [-0.39, 0.29) is 18.1 Å². The molecule has 1 unspecified atom stereocenters. The van der Waals surface area contributed by atoms with E-state index < -0.39 is 11.7 Å². The smallest absolute Gasteiger partial charge is 0.416 e. The molecule has 0 bridgehead atoms. The standard InChI is InChI=1S/C20H23F3N2O3/c1-25(10-9-14-7-8-17(27-2)18(11-14)28-3)13-19(26)24-16-6-4-5-15(12-16)20(21,22)23/h4-8,11-12H,9-10,13H2,1-3H3,(H,24,26)/p+1. The van der Waals surface area contributed by atoms with Gasteiger partial charge in [0.2, 0.25) is 0 Å². The number of carbonyl (C=O) groups is 1. The van der Waals surface area contributed by atoms with Crippen molar-refractivity contribution in [1.29, 1.82) is 0 Å². The van der Waals surface area contributed by atoms with Crippen LogP contribution in [0.1, 0.15) is 11.1 Å². The monoisotopic (exact) mass is 397 g/mol. The topological polar surface area (TPSA) is 52.0 Å². The zero-order valence-electron chi connectivity index (χ0n) is 16.0. The molecular weight excluding hydrogens is 373 g/mol. The number of ether oxygens (including phenoxy) is 2. The lowest BCUT2D eigenvalue weighted by molar-refractivity contribution is -0.870. The van der Waals surface area contributed by atoms with Gasteiger partial charge in [-0.2, -0.15) is 13.2 Å². The summed E-state index contributed by atoms with van der Waals surface area (Å²) in [5.74, 6) is 0.941. The average Bonchev–Trinajstić information content (AvgIpc) is 2.65. The molecule has 1 amide bonds. The number of anilines is 1. The SMILES string of the molecule is COc1ccc(CC[NH+](C)CC(=O)Nc2cccc(C(F)(F)F)c2)cc1OC. The number of benzene rings is 2. The van der Waals surface area contributed by atoms with Gasteiger partial charge in [0.05, 0.1) is 33.4 Å². The molecule has 0 fully saturated rings. The van der Waals surface area contributed by atoms with E-state index >= 15 is 0 Å². The molecular formula is C20H24F3N2O3+. The molecule has 0 saturated carbocycles. The van der Waals surface area contributed by atoms with Gasteiger partial charge in [-0.05, 0) is 35.9 Å². The highest BCUT2D eigenvalue weighted by Crippen LogP contribution is 2.30. The summed E-state index contributed by atoms with van der Waals surface area (Å²) in [6.45, 7) is 0.815. The van der Waals surface area contributed by atoms with Gasteiger partial charge in [-0.15, -0.1) is 0 Å². The van der Waals surface area contributed by atoms with Crippen molar-refractivity contribution < 1.29 is 32.3 Å². The van der Waals surface area contributed by atoms with E-state index in [1.807, 2.05) is 25.2 Å². The van der Waals surface area contributed by atoms with Crippen molar-refractivity contribution in [2.75, 3.05) is 39.7 Å². The lowest BCUT2D eigenvalue weighted by Crippen LogP contribution is -3.10. The van der Waals surface area contributed by atoms with Crippen LogP contribution in [0.25, 0.3) is 0 Å². The van der Waals surface area contributed by atoms with Crippen LogP contribution >= 0.6 is 0 Å². The van der Waals surface area contributed by atoms with E-state index in [0.717, 1.165) is 22.6 Å². The van der Waals surface area contributed by atoms with E-state index in [9.17, 15) is 18.0 Å². The number of quaternary nitrogens is 1. The van der Waals surface area contributed by atoms with Crippen LogP contribution in [0.5, 0.6) is 11.5 Å². The number of halogens is 3. The number of methoxy groups -OCH3 is 2. The Hall–Kier alpha value is -2.74. The van der Waals surface area contributed by atoms with Crippen molar-refractivity contribution in [2.24, 2.45) is 0 Å². The van der Waals surface area contributed by atoms with E-state index in [4.69, 9.17) is 9.47 Å². The summed E-state index contributed by atoms with van der Waals surface area (Å²) in [5, 5.41) is 2.52. The van der Waals surface area contributed by atoms with Crippen molar-refractivity contribution in [3.63, 3.8) is 0 Å². The van der Waals surface area contributed by atoms with Gasteiger partial charge >= 0.3 is 6.18 Å². The Bertz CT molecular complexity index is 810. The number of nitrogens with one attached hydrogen (secondary N) is 2. The maximum atomic E-state index is 12.7. The summed E-state index contributed by atoms with van der Waals surface area (Å²) in [5.41, 5.74) is 0.377. The Morgan fingerprint density at radius 2 is 1.79 bits per heavy atom. The predicted octanol–water partition coefficient (Wildman–Crippen LogP) is 2.42. The summed E-state index contributed by atoms with van der Waals surface area (Å²) in [4.78, 5) is 13.1. The Labute approximate surface area is 162 Å². The molecule has 0 aromatic heterocycles. The number of amides is 1. The molecule has 1 atom stereocenters. The Balaban J connectivity index is 1.88. The molecule has 0 radical (unpaired) electrons. The van der Waals surface area contributed by atoms with Gasteiger partial charge in [-0.3, -0.25) is 4.79 Å². The molecule has 0 aliphatic rings. The van der Waals surface area contributed by atoms with Gasteiger partial charge in [-0.25, -0.2) is 0 Å². The molecule has 0 spiro atoms. The Morgan fingerprint density at radius 1 is 1.07 bits per heavy atom. The molecule has 2 aromatic carbocycles. The number of hydrogen-bond acceptors (Lipinski definition) is 3. The van der Waals surface area contributed by atoms with Gasteiger partial charge in [0, 0.05) is 12.1 Å².